The van der Waals surface area contributed by atoms with Crippen LogP contribution in [0.5, 0.6) is 0 Å². The van der Waals surface area contributed by atoms with Crippen molar-refractivity contribution in [2.24, 2.45) is 0 Å². The zero-order valence-electron chi connectivity index (χ0n) is 10.3. The number of anilines is 1. The molecular weight excluding hydrogens is 226 g/mol. The predicted molar refractivity (Wildman–Crippen MR) is 70.5 cm³/mol. The van der Waals surface area contributed by atoms with E-state index in [9.17, 15) is 4.79 Å². The van der Waals surface area contributed by atoms with Gasteiger partial charge < -0.3 is 9.32 Å². The number of hydrogen-bond acceptors (Lipinski definition) is 2. The largest absolute Gasteiger partial charge is 0.464 e. The van der Waals surface area contributed by atoms with E-state index < -0.39 is 0 Å². The first-order chi connectivity index (χ1) is 8.75. The van der Waals surface area contributed by atoms with E-state index in [0.29, 0.717) is 6.42 Å². The molecule has 1 fully saturated rings. The third kappa shape index (κ3) is 1.82. The average molecular weight is 241 g/mol. The van der Waals surface area contributed by atoms with Crippen molar-refractivity contribution in [2.75, 3.05) is 11.4 Å². The second-order valence-corrected chi connectivity index (χ2v) is 4.63. The molecule has 2 heterocycles. The van der Waals surface area contributed by atoms with E-state index in [1.807, 2.05) is 36.1 Å². The van der Waals surface area contributed by atoms with Gasteiger partial charge in [-0.25, -0.2) is 0 Å². The third-order valence-corrected chi connectivity index (χ3v) is 3.37. The lowest BCUT2D eigenvalue weighted by Gasteiger charge is -2.18. The molecule has 1 amide bonds. The van der Waals surface area contributed by atoms with Gasteiger partial charge in [-0.2, -0.15) is 0 Å². The number of furan rings is 1. The molecule has 0 atom stereocenters. The summed E-state index contributed by atoms with van der Waals surface area (Å²) in [6.07, 6.45) is 3.29. The van der Waals surface area contributed by atoms with E-state index in [1.54, 1.807) is 6.26 Å². The van der Waals surface area contributed by atoms with E-state index in [4.69, 9.17) is 4.42 Å². The highest BCUT2D eigenvalue weighted by molar-refractivity contribution is 5.96. The van der Waals surface area contributed by atoms with E-state index in [2.05, 4.69) is 6.07 Å². The Kier molecular flexibility index (Phi) is 2.67. The fourth-order valence-corrected chi connectivity index (χ4v) is 2.46. The minimum Gasteiger partial charge on any atom is -0.464 e. The topological polar surface area (TPSA) is 33.5 Å². The van der Waals surface area contributed by atoms with Crippen LogP contribution in [0.1, 0.15) is 18.4 Å². The summed E-state index contributed by atoms with van der Waals surface area (Å²) in [6.45, 7) is 2.87. The van der Waals surface area contributed by atoms with Crippen LogP contribution in [0.2, 0.25) is 0 Å². The Bertz CT molecular complexity index is 572. The third-order valence-electron chi connectivity index (χ3n) is 3.37. The number of hydrogen-bond donors (Lipinski definition) is 0. The van der Waals surface area contributed by atoms with Gasteiger partial charge in [-0.05, 0) is 49.2 Å². The normalized spacial score (nSPS) is 15.4. The summed E-state index contributed by atoms with van der Waals surface area (Å²) >= 11 is 0. The zero-order valence-corrected chi connectivity index (χ0v) is 10.3. The first-order valence-corrected chi connectivity index (χ1v) is 6.20. The summed E-state index contributed by atoms with van der Waals surface area (Å²) in [6, 6.07) is 9.90. The van der Waals surface area contributed by atoms with Crippen molar-refractivity contribution in [3.05, 3.63) is 42.2 Å². The maximum atomic E-state index is 11.7. The van der Waals surface area contributed by atoms with Crippen molar-refractivity contribution in [3.8, 4) is 11.3 Å². The van der Waals surface area contributed by atoms with Gasteiger partial charge in [-0.15, -0.1) is 0 Å². The van der Waals surface area contributed by atoms with Crippen LogP contribution in [-0.2, 0) is 4.79 Å². The Balaban J connectivity index is 1.97. The fourth-order valence-electron chi connectivity index (χ4n) is 2.46. The number of nitrogens with zero attached hydrogens (tertiary/aromatic N) is 1. The summed E-state index contributed by atoms with van der Waals surface area (Å²) in [5, 5.41) is 0. The SMILES string of the molecule is Cc1cc(-c2ccco2)ccc1N1CCCC1=O. The van der Waals surface area contributed by atoms with Crippen LogP contribution in [0.25, 0.3) is 11.3 Å². The summed E-state index contributed by atoms with van der Waals surface area (Å²) in [7, 11) is 0. The molecule has 2 aromatic rings. The molecule has 1 aliphatic heterocycles. The fraction of sp³-hybridized carbons (Fsp3) is 0.267. The molecule has 92 valence electrons. The number of carbonyl (C=O) groups excluding carboxylic acids is 1. The van der Waals surface area contributed by atoms with Crippen LogP contribution in [0.3, 0.4) is 0 Å². The zero-order chi connectivity index (χ0) is 12.5. The van der Waals surface area contributed by atoms with E-state index >= 15 is 0 Å². The summed E-state index contributed by atoms with van der Waals surface area (Å²) < 4.78 is 5.38. The molecule has 1 aromatic carbocycles. The number of aryl methyl sites for hydroxylation is 1. The van der Waals surface area contributed by atoms with Crippen molar-refractivity contribution in [1.82, 2.24) is 0 Å². The van der Waals surface area contributed by atoms with Crippen LogP contribution in [0, 0.1) is 6.92 Å². The van der Waals surface area contributed by atoms with Gasteiger partial charge >= 0.3 is 0 Å². The lowest BCUT2D eigenvalue weighted by molar-refractivity contribution is -0.117. The minimum absolute atomic E-state index is 0.226. The Morgan fingerprint density at radius 1 is 1.28 bits per heavy atom. The monoisotopic (exact) mass is 241 g/mol. The molecule has 0 spiro atoms. The Morgan fingerprint density at radius 3 is 2.78 bits per heavy atom. The number of amides is 1. The van der Waals surface area contributed by atoms with E-state index in [0.717, 1.165) is 35.5 Å². The van der Waals surface area contributed by atoms with Crippen molar-refractivity contribution in [1.29, 1.82) is 0 Å². The van der Waals surface area contributed by atoms with Gasteiger partial charge in [0.1, 0.15) is 5.76 Å². The highest BCUT2D eigenvalue weighted by atomic mass is 16.3. The van der Waals surface area contributed by atoms with Gasteiger partial charge in [0, 0.05) is 24.2 Å². The van der Waals surface area contributed by atoms with Crippen LogP contribution in [0.15, 0.2) is 41.0 Å². The molecule has 0 unspecified atom stereocenters. The summed E-state index contributed by atoms with van der Waals surface area (Å²) in [5.41, 5.74) is 3.18. The second-order valence-electron chi connectivity index (χ2n) is 4.63. The van der Waals surface area contributed by atoms with Crippen LogP contribution < -0.4 is 4.90 Å². The number of benzene rings is 1. The lowest BCUT2D eigenvalue weighted by atomic mass is 10.1. The highest BCUT2D eigenvalue weighted by Gasteiger charge is 2.23. The Labute approximate surface area is 106 Å². The first-order valence-electron chi connectivity index (χ1n) is 6.20. The molecular formula is C15H15NO2. The lowest BCUT2D eigenvalue weighted by Crippen LogP contribution is -2.24. The number of carbonyl (C=O) groups is 1. The van der Waals surface area contributed by atoms with Gasteiger partial charge in [0.2, 0.25) is 5.91 Å². The molecule has 18 heavy (non-hydrogen) atoms. The summed E-state index contributed by atoms with van der Waals surface area (Å²) in [4.78, 5) is 13.6. The smallest absolute Gasteiger partial charge is 0.227 e. The van der Waals surface area contributed by atoms with Gasteiger partial charge in [0.05, 0.1) is 6.26 Å². The van der Waals surface area contributed by atoms with Gasteiger partial charge in [0.15, 0.2) is 0 Å². The average Bonchev–Trinajstić information content (AvgIpc) is 3.00. The standard InChI is InChI=1S/C15H15NO2/c1-11-10-12(14-4-3-9-18-14)6-7-13(11)16-8-2-5-15(16)17/h3-4,6-7,9-10H,2,5,8H2,1H3. The first kappa shape index (κ1) is 11.1. The Morgan fingerprint density at radius 2 is 2.17 bits per heavy atom. The number of rotatable bonds is 2. The van der Waals surface area contributed by atoms with Crippen LogP contribution in [0.4, 0.5) is 5.69 Å². The molecule has 3 rings (SSSR count). The second kappa shape index (κ2) is 4.33. The highest BCUT2D eigenvalue weighted by Crippen LogP contribution is 2.29. The maximum Gasteiger partial charge on any atom is 0.227 e. The van der Waals surface area contributed by atoms with E-state index in [1.165, 1.54) is 0 Å². The van der Waals surface area contributed by atoms with E-state index in [-0.39, 0.29) is 5.91 Å². The Hall–Kier alpha value is -2.03. The molecule has 3 heteroatoms. The minimum atomic E-state index is 0.226. The summed E-state index contributed by atoms with van der Waals surface area (Å²) in [5.74, 6) is 1.08. The molecule has 3 nitrogen and oxygen atoms in total. The molecule has 1 saturated heterocycles. The van der Waals surface area contributed by atoms with Gasteiger partial charge in [-0.1, -0.05) is 0 Å². The van der Waals surface area contributed by atoms with Crippen molar-refractivity contribution in [2.45, 2.75) is 19.8 Å². The van der Waals surface area contributed by atoms with Crippen LogP contribution in [-0.4, -0.2) is 12.5 Å². The molecule has 1 aliphatic rings. The maximum absolute atomic E-state index is 11.7. The molecule has 0 saturated carbocycles. The van der Waals surface area contributed by atoms with Crippen molar-refractivity contribution >= 4 is 11.6 Å². The molecule has 0 aliphatic carbocycles. The van der Waals surface area contributed by atoms with Crippen molar-refractivity contribution in [3.63, 3.8) is 0 Å². The molecule has 0 N–H and O–H groups in total. The van der Waals surface area contributed by atoms with Crippen LogP contribution >= 0.6 is 0 Å². The van der Waals surface area contributed by atoms with Gasteiger partial charge in [-0.3, -0.25) is 4.79 Å². The molecule has 1 aromatic heterocycles. The molecule has 0 radical (unpaired) electrons. The van der Waals surface area contributed by atoms with Gasteiger partial charge in [0.25, 0.3) is 0 Å². The van der Waals surface area contributed by atoms with Crippen molar-refractivity contribution < 1.29 is 9.21 Å². The quantitative estimate of drug-likeness (QED) is 0.807. The molecule has 0 bridgehead atoms. The predicted octanol–water partition coefficient (Wildman–Crippen LogP) is 3.38.